The number of rotatable bonds is 7. The lowest BCUT2D eigenvalue weighted by atomic mass is 9.79. The maximum atomic E-state index is 12.5. The second-order valence-corrected chi connectivity index (χ2v) is 13.8. The second kappa shape index (κ2) is 8.15. The molecular formula is C21H33NO4Si. The van der Waals surface area contributed by atoms with E-state index in [4.69, 9.17) is 9.16 Å². The highest BCUT2D eigenvalue weighted by atomic mass is 28.4. The first-order valence-electron chi connectivity index (χ1n) is 9.63. The number of hydrogen-bond donors (Lipinski definition) is 1. The summed E-state index contributed by atoms with van der Waals surface area (Å²) in [5.41, 5.74) is 0.946. The van der Waals surface area contributed by atoms with Crippen molar-refractivity contribution in [1.82, 2.24) is 5.32 Å². The number of nitrogens with one attached hydrogen (secondary N) is 1. The summed E-state index contributed by atoms with van der Waals surface area (Å²) in [5, 5.41) is 2.94. The summed E-state index contributed by atoms with van der Waals surface area (Å²) in [6.07, 6.45) is -0.228. The summed E-state index contributed by atoms with van der Waals surface area (Å²) in [7, 11) is -1.99. The standard InChI is InChI=1S/C21H33NO4Si/c1-14(20(24)25-13-16-11-9-8-10-12-16)18-17(19(23)22-18)15(2)26-27(6,7)21(3,4)5/h8-12,14-15,17-18H,13H2,1-7H3,(H,22,23)/t14-,15?,17+,18+/m0/s1. The molecule has 1 aliphatic rings. The summed E-state index contributed by atoms with van der Waals surface area (Å²) >= 11 is 0. The van der Waals surface area contributed by atoms with Crippen molar-refractivity contribution >= 4 is 20.2 Å². The van der Waals surface area contributed by atoms with Crippen molar-refractivity contribution in [2.75, 3.05) is 0 Å². The van der Waals surface area contributed by atoms with Crippen LogP contribution < -0.4 is 5.32 Å². The molecule has 1 aromatic carbocycles. The van der Waals surface area contributed by atoms with E-state index >= 15 is 0 Å². The van der Waals surface area contributed by atoms with E-state index in [-0.39, 0.29) is 41.6 Å². The number of ether oxygens (including phenoxy) is 1. The molecule has 0 spiro atoms. The zero-order chi connectivity index (χ0) is 20.4. The smallest absolute Gasteiger partial charge is 0.311 e. The lowest BCUT2D eigenvalue weighted by molar-refractivity contribution is -0.156. The van der Waals surface area contributed by atoms with Crippen LogP contribution in [0.15, 0.2) is 30.3 Å². The van der Waals surface area contributed by atoms with E-state index in [1.165, 1.54) is 0 Å². The van der Waals surface area contributed by atoms with Crippen LogP contribution in [-0.2, 0) is 25.4 Å². The lowest BCUT2D eigenvalue weighted by Gasteiger charge is -2.46. The fourth-order valence-electron chi connectivity index (χ4n) is 3.08. The van der Waals surface area contributed by atoms with Crippen molar-refractivity contribution in [1.29, 1.82) is 0 Å². The first-order valence-corrected chi connectivity index (χ1v) is 12.5. The Hall–Kier alpha value is -1.66. The Bertz CT molecular complexity index is 669. The number of β-lactam (4-membered cyclic amide) rings is 1. The van der Waals surface area contributed by atoms with Gasteiger partial charge >= 0.3 is 5.97 Å². The van der Waals surface area contributed by atoms with Crippen LogP contribution in [0.4, 0.5) is 0 Å². The highest BCUT2D eigenvalue weighted by Gasteiger charge is 2.50. The van der Waals surface area contributed by atoms with E-state index in [9.17, 15) is 9.59 Å². The molecule has 1 amide bonds. The summed E-state index contributed by atoms with van der Waals surface area (Å²) in [4.78, 5) is 24.7. The van der Waals surface area contributed by atoms with Gasteiger partial charge in [-0.25, -0.2) is 0 Å². The molecule has 6 heteroatoms. The normalized spacial score (nSPS) is 22.4. The molecule has 0 aliphatic carbocycles. The van der Waals surface area contributed by atoms with E-state index in [1.54, 1.807) is 0 Å². The molecular weight excluding hydrogens is 358 g/mol. The number of hydrogen-bond acceptors (Lipinski definition) is 4. The first kappa shape index (κ1) is 21.6. The van der Waals surface area contributed by atoms with Gasteiger partial charge in [-0.15, -0.1) is 0 Å². The molecule has 1 fully saturated rings. The highest BCUT2D eigenvalue weighted by Crippen LogP contribution is 2.39. The Morgan fingerprint density at radius 1 is 1.19 bits per heavy atom. The molecule has 0 bridgehead atoms. The average Bonchev–Trinajstić information content (AvgIpc) is 2.56. The van der Waals surface area contributed by atoms with Crippen LogP contribution in [0.3, 0.4) is 0 Å². The molecule has 0 aromatic heterocycles. The predicted molar refractivity (Wildman–Crippen MR) is 109 cm³/mol. The molecule has 1 aromatic rings. The average molecular weight is 392 g/mol. The van der Waals surface area contributed by atoms with E-state index in [1.807, 2.05) is 44.2 Å². The van der Waals surface area contributed by atoms with E-state index in [0.29, 0.717) is 0 Å². The fourth-order valence-corrected chi connectivity index (χ4v) is 4.51. The van der Waals surface area contributed by atoms with Crippen LogP contribution >= 0.6 is 0 Å². The Balaban J connectivity index is 1.96. The third-order valence-corrected chi connectivity index (χ3v) is 10.5. The Morgan fingerprint density at radius 2 is 1.78 bits per heavy atom. The molecule has 150 valence electrons. The molecule has 1 saturated heterocycles. The van der Waals surface area contributed by atoms with Gasteiger partial charge in [-0.3, -0.25) is 9.59 Å². The van der Waals surface area contributed by atoms with Gasteiger partial charge < -0.3 is 14.5 Å². The van der Waals surface area contributed by atoms with Gasteiger partial charge in [0.1, 0.15) is 6.61 Å². The second-order valence-electron chi connectivity index (χ2n) is 9.03. The maximum absolute atomic E-state index is 12.5. The number of carbonyl (C=O) groups is 2. The molecule has 1 aliphatic heterocycles. The van der Waals surface area contributed by atoms with Crippen molar-refractivity contribution in [2.45, 2.75) is 71.5 Å². The summed E-state index contributed by atoms with van der Waals surface area (Å²) < 4.78 is 11.8. The molecule has 1 N–H and O–H groups in total. The number of carbonyl (C=O) groups excluding carboxylic acids is 2. The minimum Gasteiger partial charge on any atom is -0.461 e. The Kier molecular flexibility index (Phi) is 6.53. The maximum Gasteiger partial charge on any atom is 0.311 e. The number of amides is 1. The van der Waals surface area contributed by atoms with Gasteiger partial charge in [-0.05, 0) is 37.5 Å². The quantitative estimate of drug-likeness (QED) is 0.435. The van der Waals surface area contributed by atoms with Crippen LogP contribution in [0.5, 0.6) is 0 Å². The van der Waals surface area contributed by atoms with E-state index < -0.39 is 14.2 Å². The summed E-state index contributed by atoms with van der Waals surface area (Å²) in [5.74, 6) is -1.08. The van der Waals surface area contributed by atoms with Crippen molar-refractivity contribution in [3.05, 3.63) is 35.9 Å². The summed E-state index contributed by atoms with van der Waals surface area (Å²) in [6, 6.07) is 9.33. The summed E-state index contributed by atoms with van der Waals surface area (Å²) in [6.45, 7) is 14.9. The third kappa shape index (κ3) is 4.99. The minimum absolute atomic E-state index is 0.0473. The third-order valence-electron chi connectivity index (χ3n) is 5.93. The molecule has 0 saturated carbocycles. The zero-order valence-corrected chi connectivity index (χ0v) is 18.5. The van der Waals surface area contributed by atoms with Crippen molar-refractivity contribution in [2.24, 2.45) is 11.8 Å². The fraction of sp³-hybridized carbons (Fsp3) is 0.619. The molecule has 1 unspecified atom stereocenters. The van der Waals surface area contributed by atoms with Gasteiger partial charge in [-0.2, -0.15) is 0 Å². The Morgan fingerprint density at radius 3 is 2.30 bits per heavy atom. The van der Waals surface area contributed by atoms with Crippen molar-refractivity contribution in [3.8, 4) is 0 Å². The molecule has 2 rings (SSSR count). The van der Waals surface area contributed by atoms with Crippen molar-refractivity contribution in [3.63, 3.8) is 0 Å². The monoisotopic (exact) mass is 391 g/mol. The van der Waals surface area contributed by atoms with Crippen LogP contribution in [0, 0.1) is 11.8 Å². The van der Waals surface area contributed by atoms with E-state index in [0.717, 1.165) is 5.56 Å². The van der Waals surface area contributed by atoms with Gasteiger partial charge in [0.2, 0.25) is 5.91 Å². The molecule has 1 heterocycles. The Labute approximate surface area is 164 Å². The van der Waals surface area contributed by atoms with Crippen LogP contribution in [0.2, 0.25) is 18.1 Å². The molecule has 5 nitrogen and oxygen atoms in total. The van der Waals surface area contributed by atoms with E-state index in [2.05, 4.69) is 39.2 Å². The topological polar surface area (TPSA) is 64.6 Å². The molecule has 27 heavy (non-hydrogen) atoms. The van der Waals surface area contributed by atoms with Gasteiger partial charge in [0, 0.05) is 0 Å². The SMILES string of the molecule is CC(O[Si](C)(C)C(C)(C)C)[C@H]1C(=O)N[C@@H]1[C@H](C)C(=O)OCc1ccccc1. The van der Waals surface area contributed by atoms with Crippen molar-refractivity contribution < 1.29 is 18.8 Å². The zero-order valence-electron chi connectivity index (χ0n) is 17.5. The van der Waals surface area contributed by atoms with Gasteiger partial charge in [0.05, 0.1) is 24.0 Å². The largest absolute Gasteiger partial charge is 0.461 e. The minimum atomic E-state index is -1.99. The van der Waals surface area contributed by atoms with Gasteiger partial charge in [0.25, 0.3) is 0 Å². The first-order chi connectivity index (χ1) is 12.4. The number of esters is 1. The van der Waals surface area contributed by atoms with Crippen LogP contribution in [0.1, 0.15) is 40.2 Å². The van der Waals surface area contributed by atoms with Gasteiger partial charge in [-0.1, -0.05) is 51.1 Å². The molecule has 0 radical (unpaired) electrons. The van der Waals surface area contributed by atoms with Gasteiger partial charge in [0.15, 0.2) is 8.32 Å². The molecule has 4 atom stereocenters. The lowest BCUT2D eigenvalue weighted by Crippen LogP contribution is -2.66. The predicted octanol–water partition coefficient (Wildman–Crippen LogP) is 3.89. The number of benzene rings is 1. The van der Waals surface area contributed by atoms with Crippen LogP contribution in [-0.4, -0.2) is 32.3 Å². The highest BCUT2D eigenvalue weighted by molar-refractivity contribution is 6.74. The van der Waals surface area contributed by atoms with Crippen LogP contribution in [0.25, 0.3) is 0 Å².